The predicted molar refractivity (Wildman–Crippen MR) is 142 cm³/mol. The van der Waals surface area contributed by atoms with Gasteiger partial charge in [0.05, 0.1) is 5.57 Å². The van der Waals surface area contributed by atoms with Gasteiger partial charge in [-0.15, -0.1) is 0 Å². The number of carbonyl (C=O) groups excluding carboxylic acids is 2. The van der Waals surface area contributed by atoms with Crippen LogP contribution in [0.25, 0.3) is 0 Å². The molecule has 6 nitrogen and oxygen atoms in total. The average molecular weight is 492 g/mol. The summed E-state index contributed by atoms with van der Waals surface area (Å²) in [7, 11) is 1.95. The summed E-state index contributed by atoms with van der Waals surface area (Å²) in [6, 6.07) is 6.17. The number of fused-ring (bicyclic) bond motifs is 1. The maximum atomic E-state index is 13.1. The van der Waals surface area contributed by atoms with E-state index in [1.54, 1.807) is 6.07 Å². The molecule has 2 N–H and O–H groups in total. The third-order valence-corrected chi connectivity index (χ3v) is 9.38. The molecule has 0 bridgehead atoms. The summed E-state index contributed by atoms with van der Waals surface area (Å²) >= 11 is 0. The second-order valence-electron chi connectivity index (χ2n) is 11.5. The van der Waals surface area contributed by atoms with Crippen molar-refractivity contribution in [2.75, 3.05) is 33.2 Å². The van der Waals surface area contributed by atoms with Gasteiger partial charge in [-0.3, -0.25) is 9.59 Å². The number of nitrogens with zero attached hydrogens (tertiary/aromatic N) is 2. The molecule has 5 rings (SSSR count). The van der Waals surface area contributed by atoms with Gasteiger partial charge < -0.3 is 20.2 Å². The molecule has 3 unspecified atom stereocenters. The fourth-order valence-electron chi connectivity index (χ4n) is 7.12. The lowest BCUT2D eigenvalue weighted by Crippen LogP contribution is -2.57. The highest BCUT2D eigenvalue weighted by molar-refractivity contribution is 6.11. The Balaban J connectivity index is 1.56. The number of likely N-dealkylation sites (tertiary alicyclic amines) is 2. The van der Waals surface area contributed by atoms with Gasteiger partial charge in [0.2, 0.25) is 0 Å². The number of aromatic hydroxyl groups is 1. The summed E-state index contributed by atoms with van der Waals surface area (Å²) in [6.07, 6.45) is 9.95. The van der Waals surface area contributed by atoms with Crippen molar-refractivity contribution in [3.05, 3.63) is 52.2 Å². The van der Waals surface area contributed by atoms with Crippen molar-refractivity contribution < 1.29 is 14.7 Å². The minimum atomic E-state index is -0.141. The summed E-state index contributed by atoms with van der Waals surface area (Å²) in [5.41, 5.74) is 4.80. The number of benzene rings is 1. The molecule has 2 aliphatic heterocycles. The molecule has 0 radical (unpaired) electrons. The van der Waals surface area contributed by atoms with E-state index in [0.29, 0.717) is 17.7 Å². The fraction of sp³-hybridized carbons (Fsp3) is 0.600. The van der Waals surface area contributed by atoms with E-state index >= 15 is 0 Å². The second kappa shape index (κ2) is 10.0. The number of hydrogen-bond donors (Lipinski definition) is 2. The van der Waals surface area contributed by atoms with Crippen LogP contribution in [-0.4, -0.2) is 66.4 Å². The highest BCUT2D eigenvalue weighted by Crippen LogP contribution is 2.54. The molecule has 3 atom stereocenters. The molecular weight excluding hydrogens is 450 g/mol. The zero-order valence-electron chi connectivity index (χ0n) is 22.1. The van der Waals surface area contributed by atoms with Crippen molar-refractivity contribution in [2.45, 2.75) is 70.3 Å². The SMILES string of the molecule is CNC1=C(/C=C(\C=O)C(=O)N2CCCC2)CC2C(C)N(CC3CC3)CCC2(c2cc(O)ccc2C)C1. The van der Waals surface area contributed by atoms with E-state index in [4.69, 9.17) is 0 Å². The molecule has 2 aliphatic carbocycles. The summed E-state index contributed by atoms with van der Waals surface area (Å²) in [5, 5.41) is 13.9. The van der Waals surface area contributed by atoms with Gasteiger partial charge in [-0.2, -0.15) is 0 Å². The third-order valence-electron chi connectivity index (χ3n) is 9.38. The van der Waals surface area contributed by atoms with Crippen LogP contribution < -0.4 is 5.32 Å². The molecule has 2 saturated heterocycles. The Morgan fingerprint density at radius 3 is 2.64 bits per heavy atom. The maximum absolute atomic E-state index is 13.1. The number of aldehydes is 1. The standard InChI is InChI=1S/C30H41N3O3/c1-20-6-9-25(35)16-26(20)30-10-13-33(18-22-7-8-22)21(2)27(30)15-23(28(17-30)31-3)14-24(19-34)29(36)32-11-4-5-12-32/h6,9,14,16,19,21-22,27,31,35H,4-5,7-8,10-13,15,17-18H2,1-3H3/b24-14+. The van der Waals surface area contributed by atoms with Gasteiger partial charge in [-0.25, -0.2) is 0 Å². The normalized spacial score (nSPS) is 29.3. The van der Waals surface area contributed by atoms with E-state index < -0.39 is 0 Å². The quantitative estimate of drug-likeness (QED) is 0.260. The Labute approximate surface area is 215 Å². The van der Waals surface area contributed by atoms with Crippen LogP contribution in [0.2, 0.25) is 0 Å². The summed E-state index contributed by atoms with van der Waals surface area (Å²) in [5.74, 6) is 1.33. The average Bonchev–Trinajstić information content (AvgIpc) is 3.53. The van der Waals surface area contributed by atoms with Crippen molar-refractivity contribution in [1.29, 1.82) is 0 Å². The Bertz CT molecular complexity index is 1080. The number of nitrogens with one attached hydrogen (secondary N) is 1. The topological polar surface area (TPSA) is 72.9 Å². The number of hydrogen-bond acceptors (Lipinski definition) is 5. The van der Waals surface area contributed by atoms with Crippen LogP contribution in [0.1, 0.15) is 63.0 Å². The molecule has 0 aromatic heterocycles. The largest absolute Gasteiger partial charge is 0.508 e. The van der Waals surface area contributed by atoms with Crippen LogP contribution in [-0.2, 0) is 15.0 Å². The van der Waals surface area contributed by atoms with Gasteiger partial charge in [0.1, 0.15) is 5.75 Å². The molecular formula is C30H41N3O3. The highest BCUT2D eigenvalue weighted by atomic mass is 16.3. The van der Waals surface area contributed by atoms with Crippen molar-refractivity contribution >= 4 is 12.2 Å². The molecule has 0 spiro atoms. The predicted octanol–water partition coefficient (Wildman–Crippen LogP) is 4.07. The van der Waals surface area contributed by atoms with Crippen LogP contribution in [0, 0.1) is 18.8 Å². The Hall–Kier alpha value is -2.60. The van der Waals surface area contributed by atoms with Crippen LogP contribution >= 0.6 is 0 Å². The van der Waals surface area contributed by atoms with Crippen molar-refractivity contribution in [2.24, 2.45) is 11.8 Å². The van der Waals surface area contributed by atoms with Crippen LogP contribution in [0.5, 0.6) is 5.75 Å². The second-order valence-corrected chi connectivity index (χ2v) is 11.5. The van der Waals surface area contributed by atoms with E-state index in [0.717, 1.165) is 81.8 Å². The minimum absolute atomic E-state index is 0.0989. The molecule has 1 aromatic carbocycles. The first kappa shape index (κ1) is 25.1. The number of allylic oxidation sites excluding steroid dienone is 3. The highest BCUT2D eigenvalue weighted by Gasteiger charge is 2.51. The van der Waals surface area contributed by atoms with E-state index in [-0.39, 0.29) is 16.9 Å². The molecule has 1 amide bonds. The molecule has 3 fully saturated rings. The summed E-state index contributed by atoms with van der Waals surface area (Å²) < 4.78 is 0. The lowest BCUT2D eigenvalue weighted by molar-refractivity contribution is -0.127. The molecule has 2 heterocycles. The Morgan fingerprint density at radius 1 is 1.22 bits per heavy atom. The molecule has 194 valence electrons. The lowest BCUT2D eigenvalue weighted by Gasteiger charge is -2.55. The van der Waals surface area contributed by atoms with Gasteiger partial charge in [0.25, 0.3) is 5.91 Å². The number of phenolic OH excluding ortho intramolecular Hbond substituents is 1. The first-order chi connectivity index (χ1) is 17.4. The maximum Gasteiger partial charge on any atom is 0.257 e. The van der Waals surface area contributed by atoms with Gasteiger partial charge in [-0.1, -0.05) is 6.07 Å². The fourth-order valence-corrected chi connectivity index (χ4v) is 7.12. The smallest absolute Gasteiger partial charge is 0.257 e. The Kier molecular flexibility index (Phi) is 6.99. The number of carbonyl (C=O) groups is 2. The first-order valence-electron chi connectivity index (χ1n) is 13.8. The number of amides is 1. The Morgan fingerprint density at radius 2 is 1.97 bits per heavy atom. The van der Waals surface area contributed by atoms with Gasteiger partial charge >= 0.3 is 0 Å². The number of rotatable bonds is 7. The molecule has 36 heavy (non-hydrogen) atoms. The zero-order chi connectivity index (χ0) is 25.4. The van der Waals surface area contributed by atoms with E-state index in [9.17, 15) is 14.7 Å². The lowest BCUT2D eigenvalue weighted by atomic mass is 9.56. The summed E-state index contributed by atoms with van der Waals surface area (Å²) in [4.78, 5) is 29.6. The van der Waals surface area contributed by atoms with E-state index in [1.165, 1.54) is 24.0 Å². The van der Waals surface area contributed by atoms with E-state index in [1.807, 2.05) is 30.2 Å². The van der Waals surface area contributed by atoms with Crippen LogP contribution in [0.15, 0.2) is 41.1 Å². The van der Waals surface area contributed by atoms with Crippen molar-refractivity contribution in [3.63, 3.8) is 0 Å². The van der Waals surface area contributed by atoms with Crippen LogP contribution in [0.3, 0.4) is 0 Å². The third kappa shape index (κ3) is 4.60. The zero-order valence-corrected chi connectivity index (χ0v) is 22.1. The van der Waals surface area contributed by atoms with Gasteiger partial charge in [-0.05, 0) is 112 Å². The molecule has 6 heteroatoms. The minimum Gasteiger partial charge on any atom is -0.508 e. The van der Waals surface area contributed by atoms with Gasteiger partial charge in [0, 0.05) is 43.8 Å². The number of phenols is 1. The van der Waals surface area contributed by atoms with E-state index in [2.05, 4.69) is 24.1 Å². The molecule has 1 aromatic rings. The van der Waals surface area contributed by atoms with Crippen LogP contribution in [0.4, 0.5) is 0 Å². The van der Waals surface area contributed by atoms with Crippen molar-refractivity contribution in [3.8, 4) is 5.75 Å². The first-order valence-corrected chi connectivity index (χ1v) is 13.8. The molecule has 4 aliphatic rings. The monoisotopic (exact) mass is 491 g/mol. The molecule has 1 saturated carbocycles. The summed E-state index contributed by atoms with van der Waals surface area (Å²) in [6.45, 7) is 8.20. The number of aryl methyl sites for hydroxylation is 1. The van der Waals surface area contributed by atoms with Gasteiger partial charge in [0.15, 0.2) is 6.29 Å². The number of piperidine rings is 1. The van der Waals surface area contributed by atoms with Crippen molar-refractivity contribution in [1.82, 2.24) is 15.1 Å².